The van der Waals surface area contributed by atoms with E-state index in [0.29, 0.717) is 23.6 Å². The third-order valence-electron chi connectivity index (χ3n) is 5.70. The number of sulfonamides is 1. The molecule has 2 N–H and O–H groups in total. The standard InChI is InChI=1S/C29H33NO6S/c1-22-8-16-27(17-9-22)37(33,34)30-25-13-18-28(24(21-25)12-19-29(31)32)36-20-6-4-3-5-7-23-10-14-26(35-2)15-11-23/h5,7-11,13-18,21,30H,3-4,6,12,19-20H2,1-2H3,(H,31,32)/b7-5+. The summed E-state index contributed by atoms with van der Waals surface area (Å²) in [5, 5.41) is 9.13. The van der Waals surface area contributed by atoms with Crippen LogP contribution in [0.2, 0.25) is 0 Å². The zero-order chi connectivity index (χ0) is 26.7. The van der Waals surface area contributed by atoms with Crippen molar-refractivity contribution in [2.45, 2.75) is 43.9 Å². The maximum Gasteiger partial charge on any atom is 0.303 e. The second-order valence-electron chi connectivity index (χ2n) is 8.65. The van der Waals surface area contributed by atoms with Gasteiger partial charge in [-0.25, -0.2) is 8.42 Å². The van der Waals surface area contributed by atoms with Gasteiger partial charge >= 0.3 is 5.97 Å². The van der Waals surface area contributed by atoms with E-state index in [1.54, 1.807) is 49.6 Å². The number of anilines is 1. The summed E-state index contributed by atoms with van der Waals surface area (Å²) in [7, 11) is -2.12. The summed E-state index contributed by atoms with van der Waals surface area (Å²) in [5.41, 5.74) is 3.07. The van der Waals surface area contributed by atoms with Crippen molar-refractivity contribution in [2.24, 2.45) is 0 Å². The lowest BCUT2D eigenvalue weighted by Gasteiger charge is -2.14. The van der Waals surface area contributed by atoms with E-state index in [4.69, 9.17) is 14.6 Å². The third kappa shape index (κ3) is 8.99. The molecule has 0 aliphatic heterocycles. The Morgan fingerprint density at radius 3 is 2.41 bits per heavy atom. The molecule has 0 saturated carbocycles. The van der Waals surface area contributed by atoms with Crippen molar-refractivity contribution in [2.75, 3.05) is 18.4 Å². The first-order valence-corrected chi connectivity index (χ1v) is 13.6. The number of hydrogen-bond donors (Lipinski definition) is 2. The molecule has 0 amide bonds. The first kappa shape index (κ1) is 27.8. The number of carboxylic acids is 1. The van der Waals surface area contributed by atoms with Crippen LogP contribution in [0.4, 0.5) is 5.69 Å². The summed E-state index contributed by atoms with van der Waals surface area (Å²) < 4.78 is 39.2. The van der Waals surface area contributed by atoms with Crippen LogP contribution in [0, 0.1) is 6.92 Å². The van der Waals surface area contributed by atoms with Crippen molar-refractivity contribution >= 4 is 27.8 Å². The van der Waals surface area contributed by atoms with Crippen molar-refractivity contribution in [3.63, 3.8) is 0 Å². The van der Waals surface area contributed by atoms with Crippen LogP contribution in [-0.4, -0.2) is 33.2 Å². The molecule has 0 aliphatic rings. The van der Waals surface area contributed by atoms with E-state index in [1.807, 2.05) is 31.2 Å². The molecule has 0 fully saturated rings. The van der Waals surface area contributed by atoms with Gasteiger partial charge in [0.05, 0.1) is 18.6 Å². The molecule has 0 heterocycles. The average molecular weight is 524 g/mol. The highest BCUT2D eigenvalue weighted by molar-refractivity contribution is 7.92. The van der Waals surface area contributed by atoms with Crippen molar-refractivity contribution in [1.82, 2.24) is 0 Å². The van der Waals surface area contributed by atoms with E-state index >= 15 is 0 Å². The highest BCUT2D eigenvalue weighted by atomic mass is 32.2. The number of ether oxygens (including phenoxy) is 2. The van der Waals surface area contributed by atoms with Gasteiger partial charge in [-0.15, -0.1) is 0 Å². The molecule has 0 saturated heterocycles. The molecule has 0 radical (unpaired) electrons. The minimum Gasteiger partial charge on any atom is -0.497 e. The monoisotopic (exact) mass is 523 g/mol. The predicted octanol–water partition coefficient (Wildman–Crippen LogP) is 6.08. The van der Waals surface area contributed by atoms with Crippen molar-refractivity contribution in [3.8, 4) is 11.5 Å². The molecule has 3 aromatic carbocycles. The van der Waals surface area contributed by atoms with Crippen molar-refractivity contribution < 1.29 is 27.8 Å². The first-order chi connectivity index (χ1) is 17.8. The summed E-state index contributed by atoms with van der Waals surface area (Å²) in [6.07, 6.45) is 7.01. The van der Waals surface area contributed by atoms with Gasteiger partial charge in [-0.3, -0.25) is 9.52 Å². The summed E-state index contributed by atoms with van der Waals surface area (Å²) >= 11 is 0. The number of unbranched alkanes of at least 4 members (excludes halogenated alkanes) is 2. The molecule has 3 aromatic rings. The summed E-state index contributed by atoms with van der Waals surface area (Å²) in [5.74, 6) is 0.460. The van der Waals surface area contributed by atoms with Gasteiger partial charge in [-0.2, -0.15) is 0 Å². The predicted molar refractivity (Wildman–Crippen MR) is 146 cm³/mol. The SMILES string of the molecule is COc1ccc(/C=C/CCCCOc2ccc(NS(=O)(=O)c3ccc(C)cc3)cc2CCC(=O)O)cc1. The zero-order valence-corrected chi connectivity index (χ0v) is 22.0. The van der Waals surface area contributed by atoms with E-state index in [0.717, 1.165) is 36.1 Å². The second-order valence-corrected chi connectivity index (χ2v) is 10.3. The van der Waals surface area contributed by atoms with Crippen LogP contribution in [-0.2, 0) is 21.2 Å². The van der Waals surface area contributed by atoms with Gasteiger partial charge in [0.1, 0.15) is 11.5 Å². The quantitative estimate of drug-likeness (QED) is 0.248. The minimum atomic E-state index is -3.76. The Balaban J connectivity index is 1.56. The molecular weight excluding hydrogens is 490 g/mol. The number of aryl methyl sites for hydroxylation is 2. The zero-order valence-electron chi connectivity index (χ0n) is 21.1. The van der Waals surface area contributed by atoms with Gasteiger partial charge in [0.25, 0.3) is 10.0 Å². The van der Waals surface area contributed by atoms with E-state index in [-0.39, 0.29) is 17.7 Å². The van der Waals surface area contributed by atoms with Gasteiger partial charge in [-0.1, -0.05) is 42.0 Å². The fourth-order valence-electron chi connectivity index (χ4n) is 3.63. The highest BCUT2D eigenvalue weighted by Crippen LogP contribution is 2.26. The topological polar surface area (TPSA) is 102 Å². The number of aliphatic carboxylic acids is 1. The van der Waals surface area contributed by atoms with Gasteiger partial charge < -0.3 is 14.6 Å². The van der Waals surface area contributed by atoms with Gasteiger partial charge in [0.2, 0.25) is 0 Å². The molecule has 8 heteroatoms. The fourth-order valence-corrected chi connectivity index (χ4v) is 4.68. The van der Waals surface area contributed by atoms with Crippen LogP contribution in [0.1, 0.15) is 42.4 Å². The summed E-state index contributed by atoms with van der Waals surface area (Å²) in [4.78, 5) is 11.3. The lowest BCUT2D eigenvalue weighted by molar-refractivity contribution is -0.136. The molecule has 196 valence electrons. The molecular formula is C29H33NO6S. The van der Waals surface area contributed by atoms with Crippen LogP contribution in [0.25, 0.3) is 6.08 Å². The van der Waals surface area contributed by atoms with Crippen molar-refractivity contribution in [1.29, 1.82) is 0 Å². The van der Waals surface area contributed by atoms with Gasteiger partial charge in [0, 0.05) is 12.1 Å². The summed E-state index contributed by atoms with van der Waals surface area (Å²) in [6.45, 7) is 2.36. The number of carboxylic acid groups (broad SMARTS) is 1. The molecule has 7 nitrogen and oxygen atoms in total. The normalized spacial score (nSPS) is 11.4. The molecule has 3 rings (SSSR count). The number of rotatable bonds is 14. The van der Waals surface area contributed by atoms with E-state index < -0.39 is 16.0 Å². The van der Waals surface area contributed by atoms with E-state index in [9.17, 15) is 13.2 Å². The Hall–Kier alpha value is -3.78. The maximum atomic E-state index is 12.7. The molecule has 0 atom stereocenters. The number of allylic oxidation sites excluding steroid dienone is 1. The Bertz CT molecular complexity index is 1300. The number of hydrogen-bond acceptors (Lipinski definition) is 5. The molecule has 0 spiro atoms. The summed E-state index contributed by atoms with van der Waals surface area (Å²) in [6, 6.07) is 19.4. The van der Waals surface area contributed by atoms with E-state index in [1.165, 1.54) is 0 Å². The van der Waals surface area contributed by atoms with Crippen LogP contribution < -0.4 is 14.2 Å². The Morgan fingerprint density at radius 2 is 1.73 bits per heavy atom. The Kier molecular flexibility index (Phi) is 10.1. The minimum absolute atomic E-state index is 0.0827. The van der Waals surface area contributed by atoms with Crippen LogP contribution in [0.5, 0.6) is 11.5 Å². The third-order valence-corrected chi connectivity index (χ3v) is 7.10. The lowest BCUT2D eigenvalue weighted by Crippen LogP contribution is -2.13. The van der Waals surface area contributed by atoms with E-state index in [2.05, 4.69) is 16.9 Å². The molecule has 0 bridgehead atoms. The smallest absolute Gasteiger partial charge is 0.303 e. The highest BCUT2D eigenvalue weighted by Gasteiger charge is 2.15. The van der Waals surface area contributed by atoms with Gasteiger partial charge in [0.15, 0.2) is 0 Å². The molecule has 0 aliphatic carbocycles. The molecule has 37 heavy (non-hydrogen) atoms. The van der Waals surface area contributed by atoms with Crippen molar-refractivity contribution in [3.05, 3.63) is 89.5 Å². The number of benzene rings is 3. The maximum absolute atomic E-state index is 12.7. The first-order valence-electron chi connectivity index (χ1n) is 12.1. The van der Waals surface area contributed by atoms with Crippen LogP contribution in [0.3, 0.4) is 0 Å². The number of methoxy groups -OCH3 is 1. The largest absolute Gasteiger partial charge is 0.497 e. The Labute approximate surface area is 218 Å². The Morgan fingerprint density at radius 1 is 1.00 bits per heavy atom. The fraction of sp³-hybridized carbons (Fsp3) is 0.276. The number of carbonyl (C=O) groups is 1. The molecule has 0 unspecified atom stereocenters. The van der Waals surface area contributed by atoms with Crippen LogP contribution in [0.15, 0.2) is 77.7 Å². The number of nitrogens with one attached hydrogen (secondary N) is 1. The lowest BCUT2D eigenvalue weighted by atomic mass is 10.1. The second kappa shape index (κ2) is 13.5. The molecule has 0 aromatic heterocycles. The van der Waals surface area contributed by atoms with Gasteiger partial charge in [-0.05, 0) is 86.2 Å². The average Bonchev–Trinajstić information content (AvgIpc) is 2.88. The van der Waals surface area contributed by atoms with Crippen LogP contribution >= 0.6 is 0 Å².